The number of carbonyl (C=O) groups excluding carboxylic acids is 2. The second kappa shape index (κ2) is 7.18. The minimum absolute atomic E-state index is 0.0203. The van der Waals surface area contributed by atoms with Gasteiger partial charge in [-0.15, -0.1) is 11.3 Å². The van der Waals surface area contributed by atoms with Crippen LogP contribution in [0.25, 0.3) is 10.1 Å². The van der Waals surface area contributed by atoms with E-state index < -0.39 is 0 Å². The van der Waals surface area contributed by atoms with Crippen molar-refractivity contribution in [1.82, 2.24) is 10.2 Å². The molecule has 1 aromatic carbocycles. The van der Waals surface area contributed by atoms with Crippen molar-refractivity contribution in [2.75, 3.05) is 19.6 Å². The molecule has 0 bridgehead atoms. The van der Waals surface area contributed by atoms with Crippen molar-refractivity contribution < 1.29 is 14.3 Å². The van der Waals surface area contributed by atoms with Gasteiger partial charge in [-0.1, -0.05) is 29.8 Å². The summed E-state index contributed by atoms with van der Waals surface area (Å²) in [5.74, 6) is 0.209. The number of thiophene rings is 1. The Balaban J connectivity index is 1.38. The maximum absolute atomic E-state index is 12.6. The molecule has 2 aliphatic rings. The Hall–Kier alpha value is -1.63. The number of nitrogens with zero attached hydrogens (tertiary/aromatic N) is 1. The standard InChI is InChI=1S/C19H21ClN2O3S/c1-11-9-22(10-14(25-11)12-6-7-12)16(23)8-21-19(24)18-17(20)13-4-2-3-5-15(13)26-18/h2-5,11-12,14H,6-10H2,1H3,(H,21,24). The zero-order valence-corrected chi connectivity index (χ0v) is 16.1. The summed E-state index contributed by atoms with van der Waals surface area (Å²) in [4.78, 5) is 27.3. The number of rotatable bonds is 4. The quantitative estimate of drug-likeness (QED) is 0.868. The van der Waals surface area contributed by atoms with Gasteiger partial charge in [0.15, 0.2) is 0 Å². The minimum atomic E-state index is -0.301. The molecule has 4 rings (SSSR count). The van der Waals surface area contributed by atoms with E-state index in [0.29, 0.717) is 28.9 Å². The van der Waals surface area contributed by atoms with Crippen LogP contribution in [0.15, 0.2) is 24.3 Å². The van der Waals surface area contributed by atoms with Gasteiger partial charge in [0, 0.05) is 23.2 Å². The van der Waals surface area contributed by atoms with Crippen LogP contribution in [0.2, 0.25) is 5.02 Å². The highest BCUT2D eigenvalue weighted by atomic mass is 35.5. The van der Waals surface area contributed by atoms with Crippen molar-refractivity contribution >= 4 is 44.8 Å². The highest BCUT2D eigenvalue weighted by molar-refractivity contribution is 7.21. The largest absolute Gasteiger partial charge is 0.371 e. The predicted molar refractivity (Wildman–Crippen MR) is 103 cm³/mol. The molecule has 0 radical (unpaired) electrons. The normalized spacial score (nSPS) is 23.2. The Morgan fingerprint density at radius 1 is 1.31 bits per heavy atom. The van der Waals surface area contributed by atoms with Gasteiger partial charge < -0.3 is 15.0 Å². The molecule has 2 aromatic rings. The lowest BCUT2D eigenvalue weighted by Gasteiger charge is -2.37. The molecule has 1 N–H and O–H groups in total. The van der Waals surface area contributed by atoms with E-state index in [2.05, 4.69) is 5.32 Å². The zero-order chi connectivity index (χ0) is 18.3. The average molecular weight is 393 g/mol. The molecule has 5 nitrogen and oxygen atoms in total. The van der Waals surface area contributed by atoms with E-state index in [9.17, 15) is 9.59 Å². The first-order valence-electron chi connectivity index (χ1n) is 8.91. The van der Waals surface area contributed by atoms with Crippen molar-refractivity contribution in [3.63, 3.8) is 0 Å². The van der Waals surface area contributed by atoms with Crippen LogP contribution < -0.4 is 5.32 Å². The molecule has 1 aliphatic carbocycles. The molecular formula is C19H21ClN2O3S. The Morgan fingerprint density at radius 3 is 2.81 bits per heavy atom. The van der Waals surface area contributed by atoms with Gasteiger partial charge in [0.05, 0.1) is 23.8 Å². The molecule has 1 aliphatic heterocycles. The van der Waals surface area contributed by atoms with Gasteiger partial charge >= 0.3 is 0 Å². The molecule has 1 aromatic heterocycles. The van der Waals surface area contributed by atoms with Gasteiger partial charge in [-0.2, -0.15) is 0 Å². The summed E-state index contributed by atoms with van der Waals surface area (Å²) >= 11 is 7.68. The van der Waals surface area contributed by atoms with Crippen LogP contribution in [0.1, 0.15) is 29.4 Å². The molecule has 0 spiro atoms. The highest BCUT2D eigenvalue weighted by Gasteiger charge is 2.38. The summed E-state index contributed by atoms with van der Waals surface area (Å²) < 4.78 is 6.90. The van der Waals surface area contributed by atoms with Gasteiger partial charge in [-0.3, -0.25) is 9.59 Å². The van der Waals surface area contributed by atoms with Gasteiger partial charge in [0.25, 0.3) is 5.91 Å². The lowest BCUT2D eigenvalue weighted by atomic mass is 10.1. The number of nitrogens with one attached hydrogen (secondary N) is 1. The summed E-state index contributed by atoms with van der Waals surface area (Å²) in [5.41, 5.74) is 0. The monoisotopic (exact) mass is 392 g/mol. The fraction of sp³-hybridized carbons (Fsp3) is 0.474. The lowest BCUT2D eigenvalue weighted by molar-refractivity contribution is -0.144. The van der Waals surface area contributed by atoms with E-state index >= 15 is 0 Å². The van der Waals surface area contributed by atoms with Gasteiger partial charge in [-0.25, -0.2) is 0 Å². The van der Waals surface area contributed by atoms with Crippen LogP contribution in [0.4, 0.5) is 0 Å². The van der Waals surface area contributed by atoms with Crippen LogP contribution >= 0.6 is 22.9 Å². The first-order valence-corrected chi connectivity index (χ1v) is 10.1. The first kappa shape index (κ1) is 17.8. The molecule has 2 atom stereocenters. The average Bonchev–Trinajstić information content (AvgIpc) is 3.43. The molecule has 2 amide bonds. The van der Waals surface area contributed by atoms with E-state index in [0.717, 1.165) is 10.1 Å². The second-order valence-electron chi connectivity index (χ2n) is 7.05. The Morgan fingerprint density at radius 2 is 2.08 bits per heavy atom. The van der Waals surface area contributed by atoms with Gasteiger partial charge in [0.1, 0.15) is 4.88 Å². The van der Waals surface area contributed by atoms with Crippen molar-refractivity contribution in [3.05, 3.63) is 34.2 Å². The molecule has 1 saturated heterocycles. The van der Waals surface area contributed by atoms with Crippen molar-refractivity contribution in [2.24, 2.45) is 5.92 Å². The van der Waals surface area contributed by atoms with E-state index in [-0.39, 0.29) is 30.6 Å². The third kappa shape index (κ3) is 3.59. The molecule has 2 fully saturated rings. The summed E-state index contributed by atoms with van der Waals surface area (Å²) in [7, 11) is 0. The molecule has 1 saturated carbocycles. The maximum atomic E-state index is 12.6. The molecule has 138 valence electrons. The molecule has 26 heavy (non-hydrogen) atoms. The Kier molecular flexibility index (Phi) is 4.90. The Labute approximate surface area is 161 Å². The van der Waals surface area contributed by atoms with Crippen molar-refractivity contribution in [3.8, 4) is 0 Å². The predicted octanol–water partition coefficient (Wildman–Crippen LogP) is 3.31. The van der Waals surface area contributed by atoms with Gasteiger partial charge in [-0.05, 0) is 31.7 Å². The fourth-order valence-corrected chi connectivity index (χ4v) is 4.86. The third-order valence-corrected chi connectivity index (χ3v) is 6.60. The van der Waals surface area contributed by atoms with Crippen LogP contribution in [-0.2, 0) is 9.53 Å². The minimum Gasteiger partial charge on any atom is -0.371 e. The number of halogens is 1. The van der Waals surface area contributed by atoms with Crippen LogP contribution in [0, 0.1) is 5.92 Å². The number of benzene rings is 1. The molecule has 2 unspecified atom stereocenters. The highest BCUT2D eigenvalue weighted by Crippen LogP contribution is 2.37. The van der Waals surface area contributed by atoms with E-state index in [1.165, 1.54) is 24.2 Å². The fourth-order valence-electron chi connectivity index (χ4n) is 3.43. The summed E-state index contributed by atoms with van der Waals surface area (Å²) in [6, 6.07) is 7.63. The summed E-state index contributed by atoms with van der Waals surface area (Å²) in [5, 5.41) is 4.04. The number of fused-ring (bicyclic) bond motifs is 1. The Bertz CT molecular complexity index is 848. The zero-order valence-electron chi connectivity index (χ0n) is 14.5. The van der Waals surface area contributed by atoms with E-state index in [1.807, 2.05) is 36.1 Å². The number of carbonyl (C=O) groups is 2. The lowest BCUT2D eigenvalue weighted by Crippen LogP contribution is -2.52. The number of amides is 2. The SMILES string of the molecule is CC1CN(C(=O)CNC(=O)c2sc3ccccc3c2Cl)CC(C2CC2)O1. The second-order valence-corrected chi connectivity index (χ2v) is 8.48. The number of hydrogen-bond donors (Lipinski definition) is 1. The number of ether oxygens (including phenoxy) is 1. The van der Waals surface area contributed by atoms with Crippen molar-refractivity contribution in [1.29, 1.82) is 0 Å². The maximum Gasteiger partial charge on any atom is 0.263 e. The van der Waals surface area contributed by atoms with Crippen LogP contribution in [0.3, 0.4) is 0 Å². The first-order chi connectivity index (χ1) is 12.5. The van der Waals surface area contributed by atoms with E-state index in [4.69, 9.17) is 16.3 Å². The number of morpholine rings is 1. The summed E-state index contributed by atoms with van der Waals surface area (Å²) in [6.07, 6.45) is 2.53. The van der Waals surface area contributed by atoms with Crippen LogP contribution in [-0.4, -0.2) is 48.6 Å². The molecular weight excluding hydrogens is 372 g/mol. The van der Waals surface area contributed by atoms with E-state index in [1.54, 1.807) is 0 Å². The number of hydrogen-bond acceptors (Lipinski definition) is 4. The van der Waals surface area contributed by atoms with Gasteiger partial charge in [0.2, 0.25) is 5.91 Å². The van der Waals surface area contributed by atoms with Crippen molar-refractivity contribution in [2.45, 2.75) is 32.0 Å². The topological polar surface area (TPSA) is 58.6 Å². The third-order valence-electron chi connectivity index (χ3n) is 4.93. The smallest absolute Gasteiger partial charge is 0.263 e. The molecule has 2 heterocycles. The van der Waals surface area contributed by atoms with Crippen LogP contribution in [0.5, 0.6) is 0 Å². The summed E-state index contributed by atoms with van der Waals surface area (Å²) in [6.45, 7) is 3.16. The molecule has 7 heteroatoms.